The van der Waals surface area contributed by atoms with E-state index in [4.69, 9.17) is 9.47 Å². The number of benzene rings is 2. The van der Waals surface area contributed by atoms with Crippen LogP contribution in [0.1, 0.15) is 31.9 Å². The monoisotopic (exact) mass is 399 g/mol. The van der Waals surface area contributed by atoms with Gasteiger partial charge in [0.15, 0.2) is 0 Å². The van der Waals surface area contributed by atoms with Crippen molar-refractivity contribution in [1.29, 1.82) is 0 Å². The number of alkyl carbamates (subject to hydrolysis) is 1. The van der Waals surface area contributed by atoms with Crippen molar-refractivity contribution >= 4 is 24.6 Å². The molecule has 0 fully saturated rings. The molecule has 29 heavy (non-hydrogen) atoms. The second kappa shape index (κ2) is 10.1. The van der Waals surface area contributed by atoms with Crippen molar-refractivity contribution < 1.29 is 29.1 Å². The highest BCUT2D eigenvalue weighted by Gasteiger charge is 2.27. The Morgan fingerprint density at radius 2 is 1.62 bits per heavy atom. The van der Waals surface area contributed by atoms with Crippen LogP contribution >= 0.6 is 0 Å². The van der Waals surface area contributed by atoms with Crippen LogP contribution in [-0.2, 0) is 27.3 Å². The number of hydrogen-bond donors (Lipinski definition) is 3. The Morgan fingerprint density at radius 3 is 2.17 bits per heavy atom. The molecule has 0 heterocycles. The van der Waals surface area contributed by atoms with E-state index in [1.54, 1.807) is 45.0 Å². The summed E-state index contributed by atoms with van der Waals surface area (Å²) in [4.78, 5) is 24.8. The summed E-state index contributed by atoms with van der Waals surface area (Å²) in [6, 6.07) is 14.6. The van der Waals surface area contributed by atoms with Gasteiger partial charge in [0.25, 0.3) is 0 Å². The molecule has 0 aliphatic heterocycles. The minimum absolute atomic E-state index is 0.0802. The van der Waals surface area contributed by atoms with Gasteiger partial charge >= 0.3 is 19.2 Å². The number of amides is 1. The molecule has 0 saturated carbocycles. The molecule has 0 radical (unpaired) electrons. The molecule has 8 heteroatoms. The summed E-state index contributed by atoms with van der Waals surface area (Å²) in [5, 5.41) is 20.9. The van der Waals surface area contributed by atoms with Crippen LogP contribution in [0.3, 0.4) is 0 Å². The molecule has 2 aromatic carbocycles. The van der Waals surface area contributed by atoms with Gasteiger partial charge in [-0.3, -0.25) is 0 Å². The zero-order valence-electron chi connectivity index (χ0n) is 16.8. The van der Waals surface area contributed by atoms with Gasteiger partial charge in [0.1, 0.15) is 18.2 Å². The van der Waals surface area contributed by atoms with Crippen LogP contribution in [0.2, 0.25) is 0 Å². The Morgan fingerprint density at radius 1 is 1.00 bits per heavy atom. The van der Waals surface area contributed by atoms with Gasteiger partial charge in [-0.2, -0.15) is 0 Å². The van der Waals surface area contributed by atoms with E-state index in [0.717, 1.165) is 5.56 Å². The Hall–Kier alpha value is -2.84. The normalized spacial score (nSPS) is 12.0. The van der Waals surface area contributed by atoms with Crippen molar-refractivity contribution in [2.45, 2.75) is 45.4 Å². The quantitative estimate of drug-likeness (QED) is 0.482. The van der Waals surface area contributed by atoms with E-state index in [1.165, 1.54) is 0 Å². The van der Waals surface area contributed by atoms with Crippen LogP contribution in [0.25, 0.3) is 0 Å². The first-order valence-corrected chi connectivity index (χ1v) is 9.29. The number of esters is 1. The average Bonchev–Trinajstić information content (AvgIpc) is 2.66. The van der Waals surface area contributed by atoms with Crippen molar-refractivity contribution in [3.63, 3.8) is 0 Å². The lowest BCUT2D eigenvalue weighted by Crippen LogP contribution is -2.45. The van der Waals surface area contributed by atoms with E-state index in [9.17, 15) is 19.6 Å². The highest BCUT2D eigenvalue weighted by Crippen LogP contribution is 2.12. The number of carbonyl (C=O) groups excluding carboxylic acids is 2. The number of nitrogens with one attached hydrogen (secondary N) is 1. The fraction of sp³-hybridized carbons (Fsp3) is 0.333. The molecule has 0 bridgehead atoms. The Labute approximate surface area is 170 Å². The van der Waals surface area contributed by atoms with Gasteiger partial charge in [-0.1, -0.05) is 54.6 Å². The Kier molecular flexibility index (Phi) is 7.81. The standard InChI is InChI=1S/C21H26BNO6/c1-21(2,3)29-19(24)18(13-15-9-11-17(12-10-15)22(26)27)23-20(25)28-14-16-7-5-4-6-8-16/h4-12,18,26-27H,13-14H2,1-3H3,(H,23,25). The maximum absolute atomic E-state index is 12.6. The molecule has 0 aliphatic rings. The second-order valence-corrected chi connectivity index (χ2v) is 7.61. The zero-order valence-corrected chi connectivity index (χ0v) is 16.8. The van der Waals surface area contributed by atoms with Crippen LogP contribution in [0, 0.1) is 0 Å². The molecule has 0 aromatic heterocycles. The predicted molar refractivity (Wildman–Crippen MR) is 109 cm³/mol. The maximum atomic E-state index is 12.6. The third-order valence-electron chi connectivity index (χ3n) is 3.91. The summed E-state index contributed by atoms with van der Waals surface area (Å²) >= 11 is 0. The number of hydrogen-bond acceptors (Lipinski definition) is 6. The van der Waals surface area contributed by atoms with Crippen molar-refractivity contribution in [3.8, 4) is 0 Å². The van der Waals surface area contributed by atoms with E-state index in [1.807, 2.05) is 30.3 Å². The summed E-state index contributed by atoms with van der Waals surface area (Å²) in [7, 11) is -1.57. The molecule has 3 N–H and O–H groups in total. The molecule has 2 aromatic rings. The van der Waals surface area contributed by atoms with E-state index in [2.05, 4.69) is 5.32 Å². The molecular formula is C21H26BNO6. The fourth-order valence-corrected chi connectivity index (χ4v) is 2.53. The largest absolute Gasteiger partial charge is 0.488 e. The van der Waals surface area contributed by atoms with Gasteiger partial charge in [-0.25, -0.2) is 9.59 Å². The summed E-state index contributed by atoms with van der Waals surface area (Å²) in [5.74, 6) is -0.583. The lowest BCUT2D eigenvalue weighted by molar-refractivity contribution is -0.157. The minimum atomic E-state index is -1.57. The van der Waals surface area contributed by atoms with Crippen LogP contribution in [0.15, 0.2) is 54.6 Å². The summed E-state index contributed by atoms with van der Waals surface area (Å²) < 4.78 is 10.6. The summed E-state index contributed by atoms with van der Waals surface area (Å²) in [6.45, 7) is 5.31. The van der Waals surface area contributed by atoms with Gasteiger partial charge < -0.3 is 24.8 Å². The molecule has 0 aliphatic carbocycles. The molecule has 0 spiro atoms. The zero-order chi connectivity index (χ0) is 21.4. The van der Waals surface area contributed by atoms with Crippen LogP contribution in [0.4, 0.5) is 4.79 Å². The van der Waals surface area contributed by atoms with Crippen LogP contribution < -0.4 is 10.8 Å². The van der Waals surface area contributed by atoms with Gasteiger partial charge in [0.05, 0.1) is 0 Å². The average molecular weight is 399 g/mol. The van der Waals surface area contributed by atoms with Gasteiger partial charge in [0, 0.05) is 6.42 Å². The first-order valence-electron chi connectivity index (χ1n) is 9.29. The highest BCUT2D eigenvalue weighted by molar-refractivity contribution is 6.58. The lowest BCUT2D eigenvalue weighted by Gasteiger charge is -2.24. The van der Waals surface area contributed by atoms with Crippen molar-refractivity contribution in [1.82, 2.24) is 5.32 Å². The number of rotatable bonds is 7. The van der Waals surface area contributed by atoms with Gasteiger partial charge in [-0.05, 0) is 37.4 Å². The summed E-state index contributed by atoms with van der Waals surface area (Å²) in [5.41, 5.74) is 1.16. The number of carbonyl (C=O) groups is 2. The van der Waals surface area contributed by atoms with E-state index in [-0.39, 0.29) is 13.0 Å². The predicted octanol–water partition coefficient (Wildman–Crippen LogP) is 1.55. The van der Waals surface area contributed by atoms with Crippen LogP contribution in [0.5, 0.6) is 0 Å². The topological polar surface area (TPSA) is 105 Å². The SMILES string of the molecule is CC(C)(C)OC(=O)C(Cc1ccc(B(O)O)cc1)NC(=O)OCc1ccccc1. The van der Waals surface area contributed by atoms with E-state index >= 15 is 0 Å². The maximum Gasteiger partial charge on any atom is 0.488 e. The van der Waals surface area contributed by atoms with E-state index in [0.29, 0.717) is 11.0 Å². The molecule has 1 atom stereocenters. The molecule has 2 rings (SSSR count). The third kappa shape index (κ3) is 7.97. The fourth-order valence-electron chi connectivity index (χ4n) is 2.53. The first kappa shape index (κ1) is 22.5. The van der Waals surface area contributed by atoms with E-state index < -0.39 is 30.8 Å². The number of ether oxygens (including phenoxy) is 2. The molecule has 7 nitrogen and oxygen atoms in total. The molecule has 1 unspecified atom stereocenters. The lowest BCUT2D eigenvalue weighted by atomic mass is 9.80. The van der Waals surface area contributed by atoms with Crippen molar-refractivity contribution in [2.24, 2.45) is 0 Å². The minimum Gasteiger partial charge on any atom is -0.458 e. The Balaban J connectivity index is 2.05. The first-order chi connectivity index (χ1) is 13.6. The van der Waals surface area contributed by atoms with Crippen LogP contribution in [-0.4, -0.2) is 40.9 Å². The highest BCUT2D eigenvalue weighted by atomic mass is 16.6. The van der Waals surface area contributed by atoms with Crippen molar-refractivity contribution in [2.75, 3.05) is 0 Å². The smallest absolute Gasteiger partial charge is 0.458 e. The second-order valence-electron chi connectivity index (χ2n) is 7.61. The molecular weight excluding hydrogens is 373 g/mol. The molecule has 1 amide bonds. The molecule has 154 valence electrons. The Bertz CT molecular complexity index is 802. The molecule has 0 saturated heterocycles. The summed E-state index contributed by atoms with van der Waals surface area (Å²) in [6.07, 6.45) is -0.566. The third-order valence-corrected chi connectivity index (χ3v) is 3.91. The van der Waals surface area contributed by atoms with Crippen molar-refractivity contribution in [3.05, 3.63) is 65.7 Å². The van der Waals surface area contributed by atoms with Gasteiger partial charge in [0.2, 0.25) is 0 Å². The van der Waals surface area contributed by atoms with Gasteiger partial charge in [-0.15, -0.1) is 0 Å².